The molecule has 0 aliphatic heterocycles. The van der Waals surface area contributed by atoms with E-state index in [0.29, 0.717) is 11.8 Å². The van der Waals surface area contributed by atoms with E-state index >= 15 is 0 Å². The van der Waals surface area contributed by atoms with E-state index in [1.807, 2.05) is 41.5 Å². The van der Waals surface area contributed by atoms with Crippen LogP contribution in [-0.2, 0) is 35.6 Å². The zero-order chi connectivity index (χ0) is 32.6. The van der Waals surface area contributed by atoms with E-state index < -0.39 is 22.7 Å². The van der Waals surface area contributed by atoms with Crippen molar-refractivity contribution >= 4 is 22.7 Å². The number of hydrogen-bond acceptors (Lipinski definition) is 4. The summed E-state index contributed by atoms with van der Waals surface area (Å²) in [6, 6.07) is 35.3. The van der Waals surface area contributed by atoms with Gasteiger partial charge in [-0.1, -0.05) is 97.1 Å². The highest BCUT2D eigenvalue weighted by molar-refractivity contribution is 7.91. The molecule has 46 heavy (non-hydrogen) atoms. The lowest BCUT2D eigenvalue weighted by Crippen LogP contribution is -2.42. The lowest BCUT2D eigenvalue weighted by molar-refractivity contribution is 0.456. The van der Waals surface area contributed by atoms with Crippen LogP contribution in [0.4, 0.5) is 0 Å². The Labute approximate surface area is 282 Å². The largest absolute Gasteiger partial charge is 0.598 e. The third-order valence-electron chi connectivity index (χ3n) is 9.50. The average molecular weight is 653 g/mol. The Hall–Kier alpha value is -2.58. The van der Waals surface area contributed by atoms with E-state index in [1.165, 1.54) is 44.5 Å². The molecule has 4 nitrogen and oxygen atoms in total. The van der Waals surface area contributed by atoms with Crippen LogP contribution >= 0.6 is 0 Å². The van der Waals surface area contributed by atoms with Gasteiger partial charge in [-0.3, -0.25) is 0 Å². The molecule has 0 heterocycles. The Kier molecular flexibility index (Phi) is 9.78. The van der Waals surface area contributed by atoms with E-state index in [1.54, 1.807) is 0 Å². The lowest BCUT2D eigenvalue weighted by atomic mass is 9.76. The van der Waals surface area contributed by atoms with Crippen LogP contribution in [0.3, 0.4) is 0 Å². The summed E-state index contributed by atoms with van der Waals surface area (Å²) in [5, 5.41) is 0. The summed E-state index contributed by atoms with van der Waals surface area (Å²) in [7, 11) is 0. The van der Waals surface area contributed by atoms with Gasteiger partial charge in [0.15, 0.2) is 0 Å². The normalized spacial score (nSPS) is 22.9. The SMILES string of the molecule is CC(C)(C)[S@@+]([O-])N[C@H]1C[C@H](c2cccc(-c3ccc4c(c3)C[C@H](c3ccccc3)C[C@@H]4N[S@+]([O-])C(C)(C)C)c2)Cc2ccccc21. The van der Waals surface area contributed by atoms with Crippen LogP contribution in [0.15, 0.2) is 97.1 Å². The average Bonchev–Trinajstić information content (AvgIpc) is 3.04. The fraction of sp³-hybridized carbons (Fsp3) is 0.400. The first-order valence-corrected chi connectivity index (χ1v) is 18.9. The molecular formula is C40H48N2O2S2. The summed E-state index contributed by atoms with van der Waals surface area (Å²) in [4.78, 5) is 0. The molecule has 4 aromatic rings. The molecule has 0 unspecified atom stereocenters. The van der Waals surface area contributed by atoms with Gasteiger partial charge in [-0.25, -0.2) is 0 Å². The van der Waals surface area contributed by atoms with Crippen molar-refractivity contribution in [1.29, 1.82) is 0 Å². The molecule has 6 rings (SSSR count). The van der Waals surface area contributed by atoms with Crippen LogP contribution in [0.5, 0.6) is 0 Å². The van der Waals surface area contributed by atoms with Crippen molar-refractivity contribution in [3.05, 3.63) is 130 Å². The van der Waals surface area contributed by atoms with Gasteiger partial charge >= 0.3 is 0 Å². The van der Waals surface area contributed by atoms with Gasteiger partial charge in [0.2, 0.25) is 0 Å². The quantitative estimate of drug-likeness (QED) is 0.196. The second kappa shape index (κ2) is 13.5. The molecule has 2 aliphatic rings. The zero-order valence-electron chi connectivity index (χ0n) is 28.0. The van der Waals surface area contributed by atoms with Crippen molar-refractivity contribution in [3.8, 4) is 11.1 Å². The van der Waals surface area contributed by atoms with Gasteiger partial charge in [0.1, 0.15) is 9.49 Å². The van der Waals surface area contributed by atoms with Crippen molar-refractivity contribution in [2.45, 2.75) is 101 Å². The minimum absolute atomic E-state index is 0.0276. The number of nitrogens with one attached hydrogen (secondary N) is 2. The summed E-state index contributed by atoms with van der Waals surface area (Å²) in [6.45, 7) is 12.1. The first kappa shape index (κ1) is 33.3. The minimum atomic E-state index is -1.16. The first-order valence-electron chi connectivity index (χ1n) is 16.6. The van der Waals surface area contributed by atoms with Gasteiger partial charge in [-0.15, -0.1) is 9.44 Å². The van der Waals surface area contributed by atoms with Crippen molar-refractivity contribution < 1.29 is 9.11 Å². The first-order chi connectivity index (χ1) is 21.9. The van der Waals surface area contributed by atoms with Crippen molar-refractivity contribution in [3.63, 3.8) is 0 Å². The molecular weight excluding hydrogens is 605 g/mol. The van der Waals surface area contributed by atoms with Crippen LogP contribution in [0.25, 0.3) is 11.1 Å². The second-order valence-electron chi connectivity index (χ2n) is 15.0. The molecule has 0 saturated carbocycles. The lowest BCUT2D eigenvalue weighted by Gasteiger charge is -2.35. The number of benzene rings is 4. The second-order valence-corrected chi connectivity index (χ2v) is 19.0. The molecule has 242 valence electrons. The van der Waals surface area contributed by atoms with Gasteiger partial charge in [0, 0.05) is 22.7 Å². The van der Waals surface area contributed by atoms with Crippen LogP contribution < -0.4 is 9.44 Å². The highest BCUT2D eigenvalue weighted by atomic mass is 32.2. The van der Waals surface area contributed by atoms with E-state index in [2.05, 4.69) is 107 Å². The van der Waals surface area contributed by atoms with Crippen molar-refractivity contribution in [1.82, 2.24) is 9.44 Å². The molecule has 2 aliphatic carbocycles. The monoisotopic (exact) mass is 652 g/mol. The molecule has 0 fully saturated rings. The third-order valence-corrected chi connectivity index (χ3v) is 12.7. The fourth-order valence-corrected chi connectivity index (χ4v) is 8.59. The highest BCUT2D eigenvalue weighted by Crippen LogP contribution is 2.43. The van der Waals surface area contributed by atoms with Gasteiger partial charge in [-0.05, 0) is 124 Å². The molecule has 6 heteroatoms. The summed E-state index contributed by atoms with van der Waals surface area (Å²) < 4.78 is 32.7. The molecule has 0 radical (unpaired) electrons. The number of hydrogen-bond donors (Lipinski definition) is 2. The summed E-state index contributed by atoms with van der Waals surface area (Å²) in [5.74, 6) is 0.681. The van der Waals surface area contributed by atoms with E-state index in [-0.39, 0.29) is 21.6 Å². The molecule has 0 spiro atoms. The highest BCUT2D eigenvalue weighted by Gasteiger charge is 2.36. The fourth-order valence-electron chi connectivity index (χ4n) is 6.92. The molecule has 6 atom stereocenters. The van der Waals surface area contributed by atoms with E-state index in [4.69, 9.17) is 0 Å². The van der Waals surface area contributed by atoms with Gasteiger partial charge in [0.25, 0.3) is 0 Å². The maximum Gasteiger partial charge on any atom is 0.136 e. The van der Waals surface area contributed by atoms with Crippen molar-refractivity contribution in [2.75, 3.05) is 0 Å². The Morgan fingerprint density at radius 3 is 1.72 bits per heavy atom. The maximum absolute atomic E-state index is 13.2. The Balaban J connectivity index is 1.30. The van der Waals surface area contributed by atoms with E-state index in [9.17, 15) is 9.11 Å². The third kappa shape index (κ3) is 7.43. The van der Waals surface area contributed by atoms with Crippen LogP contribution in [-0.4, -0.2) is 18.6 Å². The Morgan fingerprint density at radius 1 is 0.543 bits per heavy atom. The molecule has 0 bridgehead atoms. The molecule has 2 N–H and O–H groups in total. The topological polar surface area (TPSA) is 70.2 Å². The van der Waals surface area contributed by atoms with Crippen LogP contribution in [0.2, 0.25) is 0 Å². The standard InChI is InChI=1S/C40H48N2O2S2/c1-39(2,3)45(43)41-37-26-33(23-31-15-10-11-18-35(31)37)29-17-12-16-28(21-29)30-19-20-36-34(22-30)24-32(27-13-8-7-9-14-27)25-38(36)42-46(44)40(4,5)6/h7-22,32-33,37-38,41-42H,23-26H2,1-6H3/t32-,33+,37-,38-,45+,46+/m0/s1. The maximum atomic E-state index is 13.2. The van der Waals surface area contributed by atoms with Gasteiger partial charge < -0.3 is 9.11 Å². The Morgan fingerprint density at radius 2 is 1.07 bits per heavy atom. The van der Waals surface area contributed by atoms with Crippen molar-refractivity contribution in [2.24, 2.45) is 0 Å². The van der Waals surface area contributed by atoms with Gasteiger partial charge in [0.05, 0.1) is 12.1 Å². The predicted molar refractivity (Wildman–Crippen MR) is 194 cm³/mol. The molecule has 0 aromatic heterocycles. The van der Waals surface area contributed by atoms with Crippen LogP contribution in [0.1, 0.15) is 112 Å². The summed E-state index contributed by atoms with van der Waals surface area (Å²) >= 11 is -2.32. The van der Waals surface area contributed by atoms with Gasteiger partial charge in [-0.2, -0.15) is 0 Å². The Bertz CT molecular complexity index is 1650. The van der Waals surface area contributed by atoms with E-state index in [0.717, 1.165) is 25.7 Å². The molecule has 0 saturated heterocycles. The summed E-state index contributed by atoms with van der Waals surface area (Å²) in [5.41, 5.74) is 10.3. The summed E-state index contributed by atoms with van der Waals surface area (Å²) in [6.07, 6.45) is 3.77. The smallest absolute Gasteiger partial charge is 0.136 e. The van der Waals surface area contributed by atoms with Crippen LogP contribution in [0, 0.1) is 0 Å². The number of fused-ring (bicyclic) bond motifs is 2. The zero-order valence-corrected chi connectivity index (χ0v) is 29.6. The minimum Gasteiger partial charge on any atom is -0.598 e. The predicted octanol–water partition coefficient (Wildman–Crippen LogP) is 9.00. The molecule has 0 amide bonds. The number of rotatable bonds is 7. The molecule has 4 aromatic carbocycles.